The normalized spacial score (nSPS) is 11.4. The molecule has 0 aliphatic rings. The molecule has 2 aromatic rings. The van der Waals surface area contributed by atoms with Gasteiger partial charge in [0.05, 0.1) is 0 Å². The molecule has 0 N–H and O–H groups in total. The Morgan fingerprint density at radius 3 is 2.45 bits per heavy atom. The van der Waals surface area contributed by atoms with Crippen molar-refractivity contribution in [1.82, 2.24) is 4.98 Å². The summed E-state index contributed by atoms with van der Waals surface area (Å²) >= 11 is 3.41. The van der Waals surface area contributed by atoms with Gasteiger partial charge in [-0.05, 0) is 51.5 Å². The molecule has 0 bridgehead atoms. The van der Waals surface area contributed by atoms with Gasteiger partial charge in [-0.2, -0.15) is 0 Å². The molecular formula is C17H20BrNO. The first-order valence-electron chi connectivity index (χ1n) is 6.84. The summed E-state index contributed by atoms with van der Waals surface area (Å²) in [5.74, 6) is 0.889. The van der Waals surface area contributed by atoms with Gasteiger partial charge in [-0.15, -0.1) is 0 Å². The minimum Gasteiger partial charge on any atom is -0.489 e. The topological polar surface area (TPSA) is 22.1 Å². The minimum absolute atomic E-state index is 0.215. The Kier molecular flexibility index (Phi) is 4.81. The molecule has 0 amide bonds. The first kappa shape index (κ1) is 15.0. The molecule has 1 aromatic carbocycles. The molecule has 0 fully saturated rings. The van der Waals surface area contributed by atoms with E-state index >= 15 is 0 Å². The highest BCUT2D eigenvalue weighted by Gasteiger charge is 2.17. The Balaban J connectivity index is 2.01. The fourth-order valence-electron chi connectivity index (χ4n) is 1.91. The predicted octanol–water partition coefficient (Wildman–Crippen LogP) is 5.11. The van der Waals surface area contributed by atoms with Crippen molar-refractivity contribution in [2.75, 3.05) is 0 Å². The number of aromatic nitrogens is 1. The highest BCUT2D eigenvalue weighted by molar-refractivity contribution is 9.10. The number of halogens is 1. The number of benzene rings is 1. The van der Waals surface area contributed by atoms with Crippen LogP contribution in [0.5, 0.6) is 5.75 Å². The number of ether oxygens (including phenoxy) is 1. The molecule has 0 spiro atoms. The van der Waals surface area contributed by atoms with E-state index in [-0.39, 0.29) is 5.41 Å². The zero-order valence-corrected chi connectivity index (χ0v) is 13.8. The molecule has 0 saturated carbocycles. The zero-order valence-electron chi connectivity index (χ0n) is 12.2. The molecule has 1 heterocycles. The van der Waals surface area contributed by atoms with Crippen molar-refractivity contribution in [2.45, 2.75) is 39.2 Å². The van der Waals surface area contributed by atoms with Gasteiger partial charge in [0, 0.05) is 22.4 Å². The van der Waals surface area contributed by atoms with Gasteiger partial charge in [-0.3, -0.25) is 4.98 Å². The van der Waals surface area contributed by atoms with Crippen LogP contribution >= 0.6 is 15.9 Å². The van der Waals surface area contributed by atoms with E-state index in [0.717, 1.165) is 22.2 Å². The van der Waals surface area contributed by atoms with Crippen LogP contribution in [0.2, 0.25) is 0 Å². The van der Waals surface area contributed by atoms with Crippen LogP contribution in [0.1, 0.15) is 38.3 Å². The largest absolute Gasteiger partial charge is 0.489 e. The van der Waals surface area contributed by atoms with Gasteiger partial charge in [0.15, 0.2) is 0 Å². The maximum absolute atomic E-state index is 5.79. The molecule has 0 unspecified atom stereocenters. The molecule has 0 radical (unpaired) electrons. The van der Waals surface area contributed by atoms with E-state index in [4.69, 9.17) is 4.74 Å². The quantitative estimate of drug-likeness (QED) is 0.758. The maximum Gasteiger partial charge on any atom is 0.119 e. The SMILES string of the molecule is CCC(C)(C)c1ccc(OCc2cncc(Br)c2)cc1. The average Bonchev–Trinajstić information content (AvgIpc) is 2.46. The molecular weight excluding hydrogens is 314 g/mol. The fourth-order valence-corrected chi connectivity index (χ4v) is 2.32. The third kappa shape index (κ3) is 3.83. The van der Waals surface area contributed by atoms with Gasteiger partial charge in [-0.1, -0.05) is 32.9 Å². The van der Waals surface area contributed by atoms with E-state index in [1.807, 2.05) is 24.4 Å². The zero-order chi connectivity index (χ0) is 14.6. The highest BCUT2D eigenvalue weighted by atomic mass is 79.9. The Hall–Kier alpha value is -1.35. The Labute approximate surface area is 129 Å². The molecule has 2 nitrogen and oxygen atoms in total. The maximum atomic E-state index is 5.79. The van der Waals surface area contributed by atoms with E-state index in [2.05, 4.69) is 53.8 Å². The van der Waals surface area contributed by atoms with E-state index in [1.165, 1.54) is 5.56 Å². The minimum atomic E-state index is 0.215. The van der Waals surface area contributed by atoms with Gasteiger partial charge >= 0.3 is 0 Å². The highest BCUT2D eigenvalue weighted by Crippen LogP contribution is 2.28. The van der Waals surface area contributed by atoms with E-state index in [0.29, 0.717) is 6.61 Å². The molecule has 0 aliphatic heterocycles. The van der Waals surface area contributed by atoms with Crippen molar-refractivity contribution >= 4 is 15.9 Å². The first-order chi connectivity index (χ1) is 9.51. The van der Waals surface area contributed by atoms with E-state index < -0.39 is 0 Å². The summed E-state index contributed by atoms with van der Waals surface area (Å²) < 4.78 is 6.76. The smallest absolute Gasteiger partial charge is 0.119 e. The summed E-state index contributed by atoms with van der Waals surface area (Å²) in [5, 5.41) is 0. The van der Waals surface area contributed by atoms with E-state index in [1.54, 1.807) is 6.20 Å². The molecule has 3 heteroatoms. The number of hydrogen-bond donors (Lipinski definition) is 0. The van der Waals surface area contributed by atoms with Crippen molar-refractivity contribution in [3.8, 4) is 5.75 Å². The standard InChI is InChI=1S/C17H20BrNO/c1-4-17(2,3)14-5-7-16(8-6-14)20-12-13-9-15(18)11-19-10-13/h5-11H,4,12H2,1-3H3. The average molecular weight is 334 g/mol. The van der Waals surface area contributed by atoms with Crippen LogP contribution in [0.15, 0.2) is 47.2 Å². The monoisotopic (exact) mass is 333 g/mol. The Morgan fingerprint density at radius 2 is 1.85 bits per heavy atom. The molecule has 0 atom stereocenters. The van der Waals surface area contributed by atoms with Crippen LogP contribution in [0.25, 0.3) is 0 Å². The lowest BCUT2D eigenvalue weighted by atomic mass is 9.82. The van der Waals surface area contributed by atoms with Crippen molar-refractivity contribution in [1.29, 1.82) is 0 Å². The van der Waals surface area contributed by atoms with Crippen molar-refractivity contribution < 1.29 is 4.74 Å². The second-order valence-corrected chi connectivity index (χ2v) is 6.48. The summed E-state index contributed by atoms with van der Waals surface area (Å²) in [6.07, 6.45) is 4.71. The molecule has 0 saturated heterocycles. The van der Waals surface area contributed by atoms with Gasteiger partial charge in [0.1, 0.15) is 12.4 Å². The van der Waals surface area contributed by atoms with Crippen LogP contribution in [0.4, 0.5) is 0 Å². The van der Waals surface area contributed by atoms with Crippen LogP contribution in [-0.2, 0) is 12.0 Å². The van der Waals surface area contributed by atoms with Crippen molar-refractivity contribution in [3.63, 3.8) is 0 Å². The fraction of sp³-hybridized carbons (Fsp3) is 0.353. The van der Waals surface area contributed by atoms with Crippen LogP contribution in [0.3, 0.4) is 0 Å². The number of pyridine rings is 1. The number of rotatable bonds is 5. The number of hydrogen-bond acceptors (Lipinski definition) is 2. The second kappa shape index (κ2) is 6.40. The summed E-state index contributed by atoms with van der Waals surface area (Å²) in [6.45, 7) is 7.26. The lowest BCUT2D eigenvalue weighted by Crippen LogP contribution is -2.15. The molecule has 1 aromatic heterocycles. The summed E-state index contributed by atoms with van der Waals surface area (Å²) in [6, 6.07) is 10.4. The van der Waals surface area contributed by atoms with Crippen molar-refractivity contribution in [3.05, 3.63) is 58.3 Å². The first-order valence-corrected chi connectivity index (χ1v) is 7.63. The van der Waals surface area contributed by atoms with Crippen LogP contribution in [0, 0.1) is 0 Å². The molecule has 2 rings (SSSR count). The van der Waals surface area contributed by atoms with Crippen LogP contribution in [-0.4, -0.2) is 4.98 Å². The Morgan fingerprint density at radius 1 is 1.15 bits per heavy atom. The third-order valence-electron chi connectivity index (χ3n) is 3.69. The number of nitrogens with zero attached hydrogens (tertiary/aromatic N) is 1. The van der Waals surface area contributed by atoms with Gasteiger partial charge in [-0.25, -0.2) is 0 Å². The second-order valence-electron chi connectivity index (χ2n) is 5.56. The third-order valence-corrected chi connectivity index (χ3v) is 4.12. The Bertz CT molecular complexity index is 563. The van der Waals surface area contributed by atoms with Crippen LogP contribution < -0.4 is 4.74 Å². The van der Waals surface area contributed by atoms with Gasteiger partial charge < -0.3 is 4.74 Å². The molecule has 20 heavy (non-hydrogen) atoms. The van der Waals surface area contributed by atoms with Gasteiger partial charge in [0.25, 0.3) is 0 Å². The predicted molar refractivity (Wildman–Crippen MR) is 86.0 cm³/mol. The summed E-state index contributed by atoms with van der Waals surface area (Å²) in [5.41, 5.74) is 2.61. The van der Waals surface area contributed by atoms with E-state index in [9.17, 15) is 0 Å². The molecule has 0 aliphatic carbocycles. The van der Waals surface area contributed by atoms with Gasteiger partial charge in [0.2, 0.25) is 0 Å². The lowest BCUT2D eigenvalue weighted by Gasteiger charge is -2.23. The van der Waals surface area contributed by atoms with Crippen molar-refractivity contribution in [2.24, 2.45) is 0 Å². The lowest BCUT2D eigenvalue weighted by molar-refractivity contribution is 0.305. The summed E-state index contributed by atoms with van der Waals surface area (Å²) in [4.78, 5) is 4.13. The molecule has 106 valence electrons. The summed E-state index contributed by atoms with van der Waals surface area (Å²) in [7, 11) is 0.